The minimum atomic E-state index is -0.668. The lowest BCUT2D eigenvalue weighted by atomic mass is 9.73. The van der Waals surface area contributed by atoms with Crippen LogP contribution in [0.25, 0.3) is 33.6 Å². The van der Waals surface area contributed by atoms with Crippen LogP contribution in [0.1, 0.15) is 103 Å². The van der Waals surface area contributed by atoms with E-state index in [1.165, 1.54) is 19.2 Å². The lowest BCUT2D eigenvalue weighted by molar-refractivity contribution is -0.142. The van der Waals surface area contributed by atoms with E-state index in [-0.39, 0.29) is 47.3 Å². The van der Waals surface area contributed by atoms with E-state index in [1.54, 1.807) is 0 Å². The number of aromatic amines is 2. The zero-order valence-electron chi connectivity index (χ0n) is 33.3. The van der Waals surface area contributed by atoms with E-state index in [2.05, 4.69) is 69.2 Å². The monoisotopic (exact) mass is 765 g/mol. The third-order valence-corrected chi connectivity index (χ3v) is 11.4. The zero-order valence-corrected chi connectivity index (χ0v) is 33.3. The van der Waals surface area contributed by atoms with Crippen molar-refractivity contribution in [1.29, 1.82) is 0 Å². The molecule has 2 aromatic heterocycles. The molecule has 13 nitrogen and oxygen atoms in total. The van der Waals surface area contributed by atoms with Gasteiger partial charge in [-0.25, -0.2) is 30.0 Å². The second kappa shape index (κ2) is 18.0. The number of carbonyl (C=O) groups is 4. The molecule has 6 rings (SSSR count). The van der Waals surface area contributed by atoms with E-state index in [0.717, 1.165) is 96.7 Å². The smallest absolute Gasteiger partial charge is 0.425 e. The molecule has 0 saturated heterocycles. The number of Topliss-reactive ketones (excluding diaryl/α,β-unsaturated/α-hetero) is 1. The number of imidazole rings is 2. The summed E-state index contributed by atoms with van der Waals surface area (Å²) < 4.78 is 9.55. The normalized spacial score (nSPS) is 20.3. The molecule has 0 bridgehead atoms. The number of hydrazine groups is 1. The number of hydrogen-bond donors (Lipinski definition) is 4. The number of methoxy groups -OCH3 is 2. The van der Waals surface area contributed by atoms with Crippen molar-refractivity contribution in [1.82, 2.24) is 35.7 Å². The molecule has 0 aliphatic heterocycles. The van der Waals surface area contributed by atoms with Crippen LogP contribution in [0.2, 0.25) is 0 Å². The number of ketones is 1. The van der Waals surface area contributed by atoms with Crippen LogP contribution in [0.3, 0.4) is 0 Å². The fourth-order valence-corrected chi connectivity index (χ4v) is 8.32. The highest BCUT2D eigenvalue weighted by Crippen LogP contribution is 2.40. The van der Waals surface area contributed by atoms with E-state index in [9.17, 15) is 19.2 Å². The molecular weight excluding hydrogens is 711 g/mol. The highest BCUT2D eigenvalue weighted by molar-refractivity contribution is 5.90. The number of aromatic nitrogens is 4. The maximum Gasteiger partial charge on any atom is 0.425 e. The molecule has 0 spiro atoms. The maximum absolute atomic E-state index is 13.8. The highest BCUT2D eigenvalue weighted by atomic mass is 16.5. The molecule has 56 heavy (non-hydrogen) atoms. The third-order valence-electron chi connectivity index (χ3n) is 11.4. The van der Waals surface area contributed by atoms with Crippen molar-refractivity contribution in [3.05, 3.63) is 72.6 Å². The third kappa shape index (κ3) is 8.98. The Hall–Kier alpha value is -5.46. The first kappa shape index (κ1) is 40.2. The molecule has 298 valence electrons. The number of nitrogens with one attached hydrogen (secondary N) is 4. The number of carbonyl (C=O) groups excluding carboxylic acids is 4. The Morgan fingerprint density at radius 1 is 0.661 bits per heavy atom. The molecule has 2 aliphatic rings. The Bertz CT molecular complexity index is 1830. The van der Waals surface area contributed by atoms with Gasteiger partial charge in [-0.2, -0.15) is 0 Å². The summed E-state index contributed by atoms with van der Waals surface area (Å²) in [5, 5.41) is 4.14. The summed E-state index contributed by atoms with van der Waals surface area (Å²) in [5.41, 5.74) is 8.48. The number of ether oxygens (including phenoxy) is 2. The summed E-state index contributed by atoms with van der Waals surface area (Å²) in [4.78, 5) is 68.0. The summed E-state index contributed by atoms with van der Waals surface area (Å²) in [6.07, 6.45) is 9.51. The standard InChI is InChI=1S/C43H55N7O6/c1-25(2)37(48-42(53)55-5)38(51)31-11-7-8-12-32(31)39-44-23-35(46-39)29-19-15-27(16-20-29)28-17-21-30(22-18-28)36-24-45-40(47-36)33-13-9-10-14-34(33)41(52)50(26(3)4)49-43(54)56-6/h15-26,31-34,37H,7-14H2,1-6H3,(H,44,46)(H,45,47)(H,48,53)(H,49,54)/t31?,32?,33?,34?,37-/m0/s1. The van der Waals surface area contributed by atoms with Gasteiger partial charge >= 0.3 is 12.2 Å². The largest absolute Gasteiger partial charge is 0.453 e. The minimum absolute atomic E-state index is 0.0331. The van der Waals surface area contributed by atoms with Crippen LogP contribution in [0.5, 0.6) is 0 Å². The maximum atomic E-state index is 13.8. The minimum Gasteiger partial charge on any atom is -0.453 e. The second-order valence-corrected chi connectivity index (χ2v) is 15.7. The molecular formula is C43H55N7O6. The van der Waals surface area contributed by atoms with Gasteiger partial charge in [-0.15, -0.1) is 0 Å². The van der Waals surface area contributed by atoms with Crippen LogP contribution in [0.4, 0.5) is 9.59 Å². The molecule has 2 aromatic carbocycles. The molecule has 4 aromatic rings. The number of hydrogen-bond acceptors (Lipinski definition) is 8. The topological polar surface area (TPSA) is 171 Å². The molecule has 2 saturated carbocycles. The van der Waals surface area contributed by atoms with Crippen LogP contribution in [-0.2, 0) is 19.1 Å². The first-order valence-corrected chi connectivity index (χ1v) is 19.9. The van der Waals surface area contributed by atoms with Crippen molar-refractivity contribution < 1.29 is 28.7 Å². The Labute approximate surface area is 328 Å². The number of benzene rings is 2. The van der Waals surface area contributed by atoms with Gasteiger partial charge in [-0.1, -0.05) is 88.1 Å². The first-order valence-electron chi connectivity index (χ1n) is 19.9. The molecule has 2 heterocycles. The zero-order chi connectivity index (χ0) is 39.9. The van der Waals surface area contributed by atoms with Crippen molar-refractivity contribution >= 4 is 23.9 Å². The fraction of sp³-hybridized carbons (Fsp3) is 0.488. The average molecular weight is 766 g/mol. The van der Waals surface area contributed by atoms with E-state index in [0.29, 0.717) is 0 Å². The molecule has 0 radical (unpaired) electrons. The number of nitrogens with zero attached hydrogens (tertiary/aromatic N) is 3. The van der Waals surface area contributed by atoms with E-state index >= 15 is 0 Å². The number of amides is 3. The molecule has 4 N–H and O–H groups in total. The van der Waals surface area contributed by atoms with Crippen LogP contribution < -0.4 is 10.7 Å². The van der Waals surface area contributed by atoms with Crippen LogP contribution >= 0.6 is 0 Å². The molecule has 5 atom stereocenters. The van der Waals surface area contributed by atoms with Crippen molar-refractivity contribution in [2.75, 3.05) is 14.2 Å². The molecule has 2 fully saturated rings. The van der Waals surface area contributed by atoms with Crippen molar-refractivity contribution in [2.24, 2.45) is 17.8 Å². The summed E-state index contributed by atoms with van der Waals surface area (Å²) >= 11 is 0. The molecule has 13 heteroatoms. The van der Waals surface area contributed by atoms with Crippen molar-refractivity contribution in [3.63, 3.8) is 0 Å². The van der Waals surface area contributed by atoms with Gasteiger partial charge in [0.1, 0.15) is 11.6 Å². The van der Waals surface area contributed by atoms with Crippen LogP contribution in [0.15, 0.2) is 60.9 Å². The predicted octanol–water partition coefficient (Wildman–Crippen LogP) is 8.14. The quantitative estimate of drug-likeness (QED) is 0.111. The highest BCUT2D eigenvalue weighted by Gasteiger charge is 2.40. The average Bonchev–Trinajstić information content (AvgIpc) is 3.93. The number of H-pyrrole nitrogens is 2. The van der Waals surface area contributed by atoms with Crippen molar-refractivity contribution in [2.45, 2.75) is 103 Å². The molecule has 2 aliphatic carbocycles. The Balaban J connectivity index is 1.12. The van der Waals surface area contributed by atoms with E-state index in [1.807, 2.05) is 40.1 Å². The molecule has 3 amide bonds. The van der Waals surface area contributed by atoms with Gasteiger partial charge in [0.25, 0.3) is 0 Å². The van der Waals surface area contributed by atoms with E-state index < -0.39 is 18.2 Å². The van der Waals surface area contributed by atoms with E-state index in [4.69, 9.17) is 19.4 Å². The number of rotatable bonds is 11. The van der Waals surface area contributed by atoms with Crippen molar-refractivity contribution in [3.8, 4) is 33.6 Å². The van der Waals surface area contributed by atoms with Gasteiger partial charge in [0.2, 0.25) is 5.91 Å². The summed E-state index contributed by atoms with van der Waals surface area (Å²) in [5.74, 6) is 0.731. The summed E-state index contributed by atoms with van der Waals surface area (Å²) in [6, 6.07) is 15.8. The van der Waals surface area contributed by atoms with Gasteiger partial charge in [-0.3, -0.25) is 9.59 Å². The first-order chi connectivity index (χ1) is 27.0. The lowest BCUT2D eigenvalue weighted by Crippen LogP contribution is -2.53. The lowest BCUT2D eigenvalue weighted by Gasteiger charge is -2.35. The SMILES string of the molecule is COC(=O)N[C@H](C(=O)C1CCCCC1c1ncc(-c2ccc(-c3ccc(-c4cnc(C5CCCCC5C(=O)N(NC(=O)OC)C(C)C)[nH]4)cc3)cc2)[nH]1)C(C)C. The van der Waals surface area contributed by atoms with Gasteiger partial charge in [0.05, 0.1) is 44.0 Å². The summed E-state index contributed by atoms with van der Waals surface area (Å²) in [7, 11) is 2.59. The second-order valence-electron chi connectivity index (χ2n) is 15.7. The van der Waals surface area contributed by atoms with Gasteiger partial charge in [-0.05, 0) is 67.7 Å². The number of alkyl carbamates (subject to hydrolysis) is 1. The summed E-state index contributed by atoms with van der Waals surface area (Å²) in [6.45, 7) is 7.59. The predicted molar refractivity (Wildman–Crippen MR) is 213 cm³/mol. The Morgan fingerprint density at radius 3 is 1.57 bits per heavy atom. The Kier molecular flexibility index (Phi) is 12.9. The Morgan fingerprint density at radius 2 is 1.11 bits per heavy atom. The van der Waals surface area contributed by atoms with Crippen LogP contribution in [0, 0.1) is 17.8 Å². The molecule has 4 unspecified atom stereocenters. The van der Waals surface area contributed by atoms with Crippen LogP contribution in [-0.4, -0.2) is 75.1 Å². The van der Waals surface area contributed by atoms with Gasteiger partial charge in [0.15, 0.2) is 5.78 Å². The van der Waals surface area contributed by atoms with Gasteiger partial charge in [0, 0.05) is 29.7 Å². The van der Waals surface area contributed by atoms with Gasteiger partial charge < -0.3 is 24.8 Å². The fourth-order valence-electron chi connectivity index (χ4n) is 8.32.